The number of carbonyl (C=O) groups is 1. The third-order valence-electron chi connectivity index (χ3n) is 3.84. The van der Waals surface area contributed by atoms with Gasteiger partial charge in [-0.2, -0.15) is 5.10 Å². The van der Waals surface area contributed by atoms with Crippen molar-refractivity contribution in [2.75, 3.05) is 11.6 Å². The number of benzene rings is 1. The van der Waals surface area contributed by atoms with Crippen molar-refractivity contribution in [1.82, 2.24) is 14.8 Å². The second-order valence-corrected chi connectivity index (χ2v) is 8.53. The van der Waals surface area contributed by atoms with E-state index in [4.69, 9.17) is 11.6 Å². The second-order valence-electron chi connectivity index (χ2n) is 6.11. The summed E-state index contributed by atoms with van der Waals surface area (Å²) in [5.74, 6) is 0.0990. The van der Waals surface area contributed by atoms with Gasteiger partial charge in [0, 0.05) is 11.9 Å². The number of aromatic nitrogens is 3. The molecule has 0 fully saturated rings. The van der Waals surface area contributed by atoms with E-state index in [9.17, 15) is 13.2 Å². The van der Waals surface area contributed by atoms with Crippen molar-refractivity contribution in [3.63, 3.8) is 0 Å². The lowest BCUT2D eigenvalue weighted by molar-refractivity contribution is 0.102. The number of halogens is 1. The predicted octanol–water partition coefficient (Wildman–Crippen LogP) is 3.19. The molecule has 27 heavy (non-hydrogen) atoms. The lowest BCUT2D eigenvalue weighted by Crippen LogP contribution is -2.14. The molecule has 7 nitrogen and oxygen atoms in total. The van der Waals surface area contributed by atoms with Crippen molar-refractivity contribution in [1.29, 1.82) is 0 Å². The highest BCUT2D eigenvalue weighted by atomic mass is 35.5. The summed E-state index contributed by atoms with van der Waals surface area (Å²) < 4.78 is 25.1. The van der Waals surface area contributed by atoms with Crippen LogP contribution in [0.5, 0.6) is 0 Å². The minimum absolute atomic E-state index is 0.0232. The number of anilines is 1. The highest BCUT2D eigenvalue weighted by molar-refractivity contribution is 7.90. The standard InChI is InChI=1S/C18H17ClN4O3S/c1-11-8-12(2)23(22-11)17-7-4-13(10-20-17)21-18(24)15-9-14(27(3,25)26)5-6-16(15)19/h4-10H,1-3H3,(H,21,24). The lowest BCUT2D eigenvalue weighted by atomic mass is 10.2. The van der Waals surface area contributed by atoms with Gasteiger partial charge < -0.3 is 5.32 Å². The molecule has 0 aliphatic rings. The molecule has 1 aromatic carbocycles. The van der Waals surface area contributed by atoms with Crippen molar-refractivity contribution in [2.45, 2.75) is 18.7 Å². The Bertz CT molecular complexity index is 1120. The normalized spacial score (nSPS) is 11.4. The largest absolute Gasteiger partial charge is 0.321 e. The number of nitrogens with zero attached hydrogens (tertiary/aromatic N) is 3. The zero-order valence-electron chi connectivity index (χ0n) is 14.9. The van der Waals surface area contributed by atoms with Gasteiger partial charge in [-0.15, -0.1) is 0 Å². The van der Waals surface area contributed by atoms with Gasteiger partial charge in [-0.3, -0.25) is 4.79 Å². The molecule has 0 radical (unpaired) electrons. The second kappa shape index (κ2) is 7.13. The van der Waals surface area contributed by atoms with Crippen molar-refractivity contribution < 1.29 is 13.2 Å². The number of amides is 1. The van der Waals surface area contributed by atoms with E-state index in [1.165, 1.54) is 24.4 Å². The molecule has 2 aromatic heterocycles. The van der Waals surface area contributed by atoms with Crippen LogP contribution in [0.1, 0.15) is 21.7 Å². The van der Waals surface area contributed by atoms with Gasteiger partial charge in [-0.25, -0.2) is 18.1 Å². The van der Waals surface area contributed by atoms with Gasteiger partial charge in [-0.05, 0) is 50.2 Å². The first-order valence-electron chi connectivity index (χ1n) is 7.96. The molecule has 0 aliphatic carbocycles. The average molecular weight is 405 g/mol. The molecule has 0 bridgehead atoms. The summed E-state index contributed by atoms with van der Waals surface area (Å²) in [6.07, 6.45) is 2.57. The van der Waals surface area contributed by atoms with Gasteiger partial charge in [0.1, 0.15) is 0 Å². The number of hydrogen-bond donors (Lipinski definition) is 1. The molecule has 1 N–H and O–H groups in total. The maximum atomic E-state index is 12.5. The maximum absolute atomic E-state index is 12.5. The van der Waals surface area contributed by atoms with Crippen LogP contribution in [0.4, 0.5) is 5.69 Å². The Balaban J connectivity index is 1.84. The molecule has 9 heteroatoms. The van der Waals surface area contributed by atoms with Crippen LogP contribution in [0.2, 0.25) is 5.02 Å². The minimum Gasteiger partial charge on any atom is -0.321 e. The van der Waals surface area contributed by atoms with Gasteiger partial charge in [0.15, 0.2) is 15.7 Å². The Labute approximate surface area is 161 Å². The quantitative estimate of drug-likeness (QED) is 0.720. The first-order chi connectivity index (χ1) is 12.6. The maximum Gasteiger partial charge on any atom is 0.257 e. The third-order valence-corrected chi connectivity index (χ3v) is 5.28. The van der Waals surface area contributed by atoms with Crippen molar-refractivity contribution in [3.8, 4) is 5.82 Å². The highest BCUT2D eigenvalue weighted by Gasteiger charge is 2.16. The molecule has 0 saturated heterocycles. The summed E-state index contributed by atoms with van der Waals surface area (Å²) in [5, 5.41) is 7.18. The molecule has 0 saturated carbocycles. The SMILES string of the molecule is Cc1cc(C)n(-c2ccc(NC(=O)c3cc(S(C)(=O)=O)ccc3Cl)cn2)n1. The zero-order valence-corrected chi connectivity index (χ0v) is 16.5. The number of carbonyl (C=O) groups excluding carboxylic acids is 1. The first-order valence-corrected chi connectivity index (χ1v) is 10.2. The lowest BCUT2D eigenvalue weighted by Gasteiger charge is -2.09. The van der Waals surface area contributed by atoms with Crippen LogP contribution < -0.4 is 5.32 Å². The molecule has 140 valence electrons. The van der Waals surface area contributed by atoms with Crippen LogP contribution in [0.15, 0.2) is 47.5 Å². The van der Waals surface area contributed by atoms with Gasteiger partial charge >= 0.3 is 0 Å². The number of hydrogen-bond acceptors (Lipinski definition) is 5. The molecule has 3 rings (SSSR count). The summed E-state index contributed by atoms with van der Waals surface area (Å²) in [6, 6.07) is 9.35. The fourth-order valence-electron chi connectivity index (χ4n) is 2.55. The summed E-state index contributed by atoms with van der Waals surface area (Å²) in [5.41, 5.74) is 2.35. The average Bonchev–Trinajstić information content (AvgIpc) is 2.93. The van der Waals surface area contributed by atoms with Crippen LogP contribution in [-0.4, -0.2) is 35.3 Å². The fourth-order valence-corrected chi connectivity index (χ4v) is 3.40. The summed E-state index contributed by atoms with van der Waals surface area (Å²) in [4.78, 5) is 16.8. The fraction of sp³-hybridized carbons (Fsp3) is 0.167. The number of rotatable bonds is 4. The molecule has 2 heterocycles. The Morgan fingerprint density at radius 3 is 2.44 bits per heavy atom. The molecule has 0 unspecified atom stereocenters. The molecule has 0 aliphatic heterocycles. The minimum atomic E-state index is -3.45. The number of pyridine rings is 1. The smallest absolute Gasteiger partial charge is 0.257 e. The van der Waals surface area contributed by atoms with Crippen LogP contribution in [0, 0.1) is 13.8 Å². The molecular weight excluding hydrogens is 388 g/mol. The van der Waals surface area contributed by atoms with Gasteiger partial charge in [0.05, 0.1) is 33.1 Å². The molecule has 0 atom stereocenters. The van der Waals surface area contributed by atoms with Crippen LogP contribution >= 0.6 is 11.6 Å². The number of nitrogens with one attached hydrogen (secondary N) is 1. The number of aryl methyl sites for hydroxylation is 2. The monoisotopic (exact) mass is 404 g/mol. The topological polar surface area (TPSA) is 94.0 Å². The van der Waals surface area contributed by atoms with E-state index in [1.807, 2.05) is 19.9 Å². The van der Waals surface area contributed by atoms with E-state index in [0.29, 0.717) is 11.5 Å². The summed E-state index contributed by atoms with van der Waals surface area (Å²) in [7, 11) is -3.45. The van der Waals surface area contributed by atoms with E-state index in [-0.39, 0.29) is 15.5 Å². The molecule has 0 spiro atoms. The molecular formula is C18H17ClN4O3S. The van der Waals surface area contributed by atoms with Crippen molar-refractivity contribution >= 4 is 33.0 Å². The zero-order chi connectivity index (χ0) is 19.8. The Kier molecular flexibility index (Phi) is 5.03. The third kappa shape index (κ3) is 4.17. The van der Waals surface area contributed by atoms with E-state index in [2.05, 4.69) is 15.4 Å². The molecule has 1 amide bonds. The van der Waals surface area contributed by atoms with Crippen molar-refractivity contribution in [2.24, 2.45) is 0 Å². The highest BCUT2D eigenvalue weighted by Crippen LogP contribution is 2.22. The van der Waals surface area contributed by atoms with Crippen LogP contribution in [-0.2, 0) is 9.84 Å². The van der Waals surface area contributed by atoms with E-state index >= 15 is 0 Å². The van der Waals surface area contributed by atoms with Crippen LogP contribution in [0.3, 0.4) is 0 Å². The Hall–Kier alpha value is -2.71. The first kappa shape index (κ1) is 19.1. The summed E-state index contributed by atoms with van der Waals surface area (Å²) >= 11 is 6.05. The van der Waals surface area contributed by atoms with Crippen molar-refractivity contribution in [3.05, 3.63) is 64.6 Å². The molecule has 3 aromatic rings. The van der Waals surface area contributed by atoms with Gasteiger partial charge in [0.25, 0.3) is 5.91 Å². The Morgan fingerprint density at radius 2 is 1.89 bits per heavy atom. The van der Waals surface area contributed by atoms with E-state index in [1.54, 1.807) is 16.8 Å². The van der Waals surface area contributed by atoms with Gasteiger partial charge in [0.2, 0.25) is 0 Å². The predicted molar refractivity (Wildman–Crippen MR) is 103 cm³/mol. The summed E-state index contributed by atoms with van der Waals surface area (Å²) in [6.45, 7) is 3.82. The van der Waals surface area contributed by atoms with E-state index in [0.717, 1.165) is 17.6 Å². The number of sulfone groups is 1. The Morgan fingerprint density at radius 1 is 1.15 bits per heavy atom. The van der Waals surface area contributed by atoms with E-state index < -0.39 is 15.7 Å². The van der Waals surface area contributed by atoms with Crippen LogP contribution in [0.25, 0.3) is 5.82 Å². The van der Waals surface area contributed by atoms with Gasteiger partial charge in [-0.1, -0.05) is 11.6 Å².